The second-order valence-electron chi connectivity index (χ2n) is 6.49. The summed E-state index contributed by atoms with van der Waals surface area (Å²) in [7, 11) is 4.01. The molecule has 2 amide bonds. The minimum Gasteiger partial charge on any atom is -0.389 e. The van der Waals surface area contributed by atoms with E-state index in [-0.39, 0.29) is 6.03 Å². The number of likely N-dealkylation sites (N-methyl/N-ethyl adjacent to an activating group) is 1. The zero-order valence-electron chi connectivity index (χ0n) is 14.6. The molecule has 2 N–H and O–H groups in total. The molecule has 0 atom stereocenters. The molecule has 1 rings (SSSR count). The van der Waals surface area contributed by atoms with E-state index in [1.807, 2.05) is 40.1 Å². The van der Waals surface area contributed by atoms with Crippen molar-refractivity contribution in [3.05, 3.63) is 29.3 Å². The summed E-state index contributed by atoms with van der Waals surface area (Å²) in [6, 6.07) is 6.04. The molecule has 124 valence electrons. The lowest BCUT2D eigenvalue weighted by molar-refractivity contribution is 0.0480. The molecule has 0 saturated carbocycles. The summed E-state index contributed by atoms with van der Waals surface area (Å²) in [6.07, 6.45) is 0. The minimum absolute atomic E-state index is 0.152. The number of nitrogens with one attached hydrogen (secondary N) is 1. The molecule has 1 aromatic rings. The first-order chi connectivity index (χ1) is 10.1. The Morgan fingerprint density at radius 1 is 1.32 bits per heavy atom. The van der Waals surface area contributed by atoms with Gasteiger partial charge in [-0.15, -0.1) is 0 Å². The van der Waals surface area contributed by atoms with E-state index >= 15 is 0 Å². The zero-order valence-corrected chi connectivity index (χ0v) is 14.6. The summed E-state index contributed by atoms with van der Waals surface area (Å²) >= 11 is 0. The van der Waals surface area contributed by atoms with Gasteiger partial charge in [-0.3, -0.25) is 0 Å². The summed E-state index contributed by atoms with van der Waals surface area (Å²) in [5.74, 6) is 0. The van der Waals surface area contributed by atoms with E-state index in [2.05, 4.69) is 16.3 Å². The predicted molar refractivity (Wildman–Crippen MR) is 91.3 cm³/mol. The highest BCUT2D eigenvalue weighted by Crippen LogP contribution is 2.17. The number of aryl methyl sites for hydroxylation is 1. The number of amides is 2. The molecule has 22 heavy (non-hydrogen) atoms. The maximum Gasteiger partial charge on any atom is 0.317 e. The summed E-state index contributed by atoms with van der Waals surface area (Å²) in [5, 5.41) is 12.8. The molecule has 0 heterocycles. The van der Waals surface area contributed by atoms with Crippen LogP contribution in [-0.2, 0) is 6.54 Å². The van der Waals surface area contributed by atoms with Crippen molar-refractivity contribution in [2.75, 3.05) is 32.1 Å². The Hall–Kier alpha value is -1.75. The van der Waals surface area contributed by atoms with Crippen LogP contribution in [-0.4, -0.2) is 48.8 Å². The fourth-order valence-electron chi connectivity index (χ4n) is 2.23. The molecule has 0 fully saturated rings. The van der Waals surface area contributed by atoms with Gasteiger partial charge in [0.2, 0.25) is 0 Å². The number of hydrogen-bond acceptors (Lipinski definition) is 3. The van der Waals surface area contributed by atoms with Gasteiger partial charge in [0, 0.05) is 32.9 Å². The van der Waals surface area contributed by atoms with Crippen LogP contribution in [0.4, 0.5) is 10.5 Å². The van der Waals surface area contributed by atoms with Crippen LogP contribution in [0.25, 0.3) is 0 Å². The predicted octanol–water partition coefficient (Wildman–Crippen LogP) is 2.36. The van der Waals surface area contributed by atoms with Crippen molar-refractivity contribution in [1.82, 2.24) is 10.2 Å². The molecule has 0 aromatic heterocycles. The minimum atomic E-state index is -0.892. The summed E-state index contributed by atoms with van der Waals surface area (Å²) < 4.78 is 0. The number of carbonyl (C=O) groups is 1. The van der Waals surface area contributed by atoms with Crippen molar-refractivity contribution in [2.45, 2.75) is 39.8 Å². The molecule has 0 aliphatic rings. The van der Waals surface area contributed by atoms with Gasteiger partial charge in [0.1, 0.15) is 0 Å². The fourth-order valence-corrected chi connectivity index (χ4v) is 2.23. The van der Waals surface area contributed by atoms with Crippen LogP contribution in [0.2, 0.25) is 0 Å². The highest BCUT2D eigenvalue weighted by Gasteiger charge is 2.21. The largest absolute Gasteiger partial charge is 0.389 e. The lowest BCUT2D eigenvalue weighted by Gasteiger charge is -2.28. The number of carbonyl (C=O) groups excluding carboxylic acids is 1. The smallest absolute Gasteiger partial charge is 0.317 e. The lowest BCUT2D eigenvalue weighted by Crippen LogP contribution is -2.46. The van der Waals surface area contributed by atoms with Gasteiger partial charge in [-0.25, -0.2) is 4.79 Å². The SMILES string of the molecule is CCN(CC(C)(C)O)C(=O)NCc1ccc(N(C)C)cc1C. The third kappa shape index (κ3) is 5.56. The fraction of sp³-hybridized carbons (Fsp3) is 0.588. The van der Waals surface area contributed by atoms with Crippen LogP contribution in [0.1, 0.15) is 31.9 Å². The van der Waals surface area contributed by atoms with E-state index in [1.54, 1.807) is 18.7 Å². The summed E-state index contributed by atoms with van der Waals surface area (Å²) in [5.41, 5.74) is 2.50. The first kappa shape index (κ1) is 18.3. The Bertz CT molecular complexity index is 507. The standard InChI is InChI=1S/C17H29N3O2/c1-7-20(12-17(3,4)22)16(21)18-11-14-8-9-15(19(5)6)10-13(14)2/h8-10,22H,7,11-12H2,1-6H3,(H,18,21). The van der Waals surface area contributed by atoms with Gasteiger partial charge < -0.3 is 20.2 Å². The van der Waals surface area contributed by atoms with E-state index in [1.165, 1.54) is 0 Å². The first-order valence-electron chi connectivity index (χ1n) is 7.66. The molecule has 5 heteroatoms. The molecule has 0 saturated heterocycles. The normalized spacial score (nSPS) is 11.2. The van der Waals surface area contributed by atoms with Crippen LogP contribution in [0, 0.1) is 6.92 Å². The zero-order chi connectivity index (χ0) is 16.9. The van der Waals surface area contributed by atoms with Gasteiger partial charge >= 0.3 is 6.03 Å². The van der Waals surface area contributed by atoms with E-state index < -0.39 is 5.60 Å². The van der Waals surface area contributed by atoms with Crippen LogP contribution < -0.4 is 10.2 Å². The molecule has 0 unspecified atom stereocenters. The monoisotopic (exact) mass is 307 g/mol. The Kier molecular flexibility index (Phi) is 6.23. The van der Waals surface area contributed by atoms with E-state index in [4.69, 9.17) is 0 Å². The number of hydrogen-bond donors (Lipinski definition) is 2. The molecule has 0 aliphatic carbocycles. The molecular weight excluding hydrogens is 278 g/mol. The Morgan fingerprint density at radius 2 is 1.95 bits per heavy atom. The third-order valence-electron chi connectivity index (χ3n) is 3.52. The number of urea groups is 1. The van der Waals surface area contributed by atoms with Gasteiger partial charge in [0.25, 0.3) is 0 Å². The molecule has 0 bridgehead atoms. The van der Waals surface area contributed by atoms with Crippen LogP contribution in [0.15, 0.2) is 18.2 Å². The Balaban J connectivity index is 2.67. The molecule has 0 aliphatic heterocycles. The average Bonchev–Trinajstić information content (AvgIpc) is 2.41. The molecule has 0 radical (unpaired) electrons. The van der Waals surface area contributed by atoms with Crippen LogP contribution in [0.3, 0.4) is 0 Å². The number of rotatable bonds is 6. The Morgan fingerprint density at radius 3 is 2.41 bits per heavy atom. The highest BCUT2D eigenvalue weighted by molar-refractivity contribution is 5.74. The molecular formula is C17H29N3O2. The van der Waals surface area contributed by atoms with E-state index in [0.29, 0.717) is 19.6 Å². The molecule has 0 spiro atoms. The highest BCUT2D eigenvalue weighted by atomic mass is 16.3. The third-order valence-corrected chi connectivity index (χ3v) is 3.52. The molecule has 5 nitrogen and oxygen atoms in total. The average molecular weight is 307 g/mol. The Labute approximate surface area is 133 Å². The lowest BCUT2D eigenvalue weighted by atomic mass is 10.1. The van der Waals surface area contributed by atoms with Crippen molar-refractivity contribution >= 4 is 11.7 Å². The van der Waals surface area contributed by atoms with Gasteiger partial charge in [-0.1, -0.05) is 6.07 Å². The summed E-state index contributed by atoms with van der Waals surface area (Å²) in [6.45, 7) is 8.72. The van der Waals surface area contributed by atoms with Crippen molar-refractivity contribution in [3.63, 3.8) is 0 Å². The molecule has 1 aromatic carbocycles. The number of aliphatic hydroxyl groups is 1. The maximum atomic E-state index is 12.2. The number of benzene rings is 1. The van der Waals surface area contributed by atoms with Crippen LogP contribution >= 0.6 is 0 Å². The first-order valence-corrected chi connectivity index (χ1v) is 7.66. The van der Waals surface area contributed by atoms with Gasteiger partial charge in [0.15, 0.2) is 0 Å². The van der Waals surface area contributed by atoms with Gasteiger partial charge in [-0.2, -0.15) is 0 Å². The van der Waals surface area contributed by atoms with Gasteiger partial charge in [-0.05, 0) is 51.0 Å². The van der Waals surface area contributed by atoms with Crippen molar-refractivity contribution in [1.29, 1.82) is 0 Å². The van der Waals surface area contributed by atoms with Crippen molar-refractivity contribution in [3.8, 4) is 0 Å². The van der Waals surface area contributed by atoms with Gasteiger partial charge in [0.05, 0.1) is 12.1 Å². The van der Waals surface area contributed by atoms with Crippen LogP contribution in [0.5, 0.6) is 0 Å². The number of anilines is 1. The topological polar surface area (TPSA) is 55.8 Å². The second kappa shape index (κ2) is 7.49. The van der Waals surface area contributed by atoms with E-state index in [0.717, 1.165) is 16.8 Å². The maximum absolute atomic E-state index is 12.2. The van der Waals surface area contributed by atoms with E-state index in [9.17, 15) is 9.90 Å². The second-order valence-corrected chi connectivity index (χ2v) is 6.49. The van der Waals surface area contributed by atoms with Crippen molar-refractivity contribution in [2.24, 2.45) is 0 Å². The quantitative estimate of drug-likeness (QED) is 0.848. The number of nitrogens with zero attached hydrogens (tertiary/aromatic N) is 2. The van der Waals surface area contributed by atoms with Crippen molar-refractivity contribution < 1.29 is 9.90 Å². The summed E-state index contributed by atoms with van der Waals surface area (Å²) in [4.78, 5) is 15.9.